The van der Waals surface area contributed by atoms with Crippen LogP contribution in [0.3, 0.4) is 0 Å². The van der Waals surface area contributed by atoms with Crippen molar-refractivity contribution in [3.05, 3.63) is 52.8 Å². The molecule has 0 saturated heterocycles. The topological polar surface area (TPSA) is 132 Å². The van der Waals surface area contributed by atoms with Crippen molar-refractivity contribution in [2.45, 2.75) is 26.4 Å². The van der Waals surface area contributed by atoms with E-state index in [-0.39, 0.29) is 24.1 Å². The number of nitrogens with two attached hydrogens (primary N) is 1. The number of carbonyl (C=O) groups excluding carboxylic acids is 3. The summed E-state index contributed by atoms with van der Waals surface area (Å²) >= 11 is 3.25. The number of halogens is 1. The van der Waals surface area contributed by atoms with Crippen molar-refractivity contribution in [1.29, 1.82) is 0 Å². The van der Waals surface area contributed by atoms with Crippen LogP contribution < -0.4 is 16.4 Å². The maximum Gasteiger partial charge on any atom is 0.269 e. The predicted octanol–water partition coefficient (Wildman–Crippen LogP) is 2.07. The zero-order valence-corrected chi connectivity index (χ0v) is 18.0. The van der Waals surface area contributed by atoms with Gasteiger partial charge in [-0.2, -0.15) is 5.10 Å². The summed E-state index contributed by atoms with van der Waals surface area (Å²) in [4.78, 5) is 41.2. The van der Waals surface area contributed by atoms with Gasteiger partial charge in [-0.05, 0) is 40.0 Å². The molecule has 3 amide bonds. The van der Waals surface area contributed by atoms with Crippen molar-refractivity contribution in [3.63, 3.8) is 0 Å². The lowest BCUT2D eigenvalue weighted by Gasteiger charge is -2.21. The van der Waals surface area contributed by atoms with Gasteiger partial charge in [0.1, 0.15) is 23.0 Å². The predicted molar refractivity (Wildman–Crippen MR) is 116 cm³/mol. The van der Waals surface area contributed by atoms with Crippen molar-refractivity contribution in [2.75, 3.05) is 5.32 Å². The summed E-state index contributed by atoms with van der Waals surface area (Å²) in [5, 5.41) is 10.2. The van der Waals surface area contributed by atoms with Gasteiger partial charge in [0.15, 0.2) is 5.69 Å². The molecule has 0 bridgehead atoms. The highest BCUT2D eigenvalue weighted by Crippen LogP contribution is 2.18. The fourth-order valence-corrected chi connectivity index (χ4v) is 3.35. The summed E-state index contributed by atoms with van der Waals surface area (Å²) in [5.74, 6) is -1.27. The molecule has 2 heterocycles. The number of hydrogen-bond acceptors (Lipinski definition) is 5. The number of rotatable bonds is 7. The molecular formula is C20H21BrN6O3. The van der Waals surface area contributed by atoms with Crippen molar-refractivity contribution < 1.29 is 14.4 Å². The summed E-state index contributed by atoms with van der Waals surface area (Å²) in [5.41, 5.74) is 6.09. The lowest BCUT2D eigenvalue weighted by Crippen LogP contribution is -2.48. The van der Waals surface area contributed by atoms with Crippen LogP contribution in [0.5, 0.6) is 0 Å². The average molecular weight is 473 g/mol. The Hall–Kier alpha value is -3.27. The monoisotopic (exact) mass is 472 g/mol. The van der Waals surface area contributed by atoms with Gasteiger partial charge in [-0.15, -0.1) is 0 Å². The Kier molecular flexibility index (Phi) is 6.46. The van der Waals surface area contributed by atoms with Crippen LogP contribution in [0.1, 0.15) is 24.3 Å². The largest absolute Gasteiger partial charge is 0.364 e. The first-order chi connectivity index (χ1) is 14.3. The third-order valence-electron chi connectivity index (χ3n) is 4.42. The zero-order chi connectivity index (χ0) is 21.8. The Morgan fingerprint density at radius 3 is 2.53 bits per heavy atom. The van der Waals surface area contributed by atoms with Gasteiger partial charge in [-0.25, -0.2) is 4.98 Å². The van der Waals surface area contributed by atoms with Gasteiger partial charge in [0.2, 0.25) is 11.8 Å². The highest BCUT2D eigenvalue weighted by molar-refractivity contribution is 9.10. The van der Waals surface area contributed by atoms with Crippen LogP contribution in [0.2, 0.25) is 0 Å². The summed E-state index contributed by atoms with van der Waals surface area (Å²) in [7, 11) is 0. The van der Waals surface area contributed by atoms with Crippen LogP contribution in [0, 0.1) is 5.92 Å². The summed E-state index contributed by atoms with van der Waals surface area (Å²) < 4.78 is 1.98. The molecule has 30 heavy (non-hydrogen) atoms. The average Bonchev–Trinajstić information content (AvgIpc) is 3.04. The standard InChI is InChI=1S/C20H21BrN6O3/c1-11(2)17(20(30)24-15-9-5-8-14(21)23-15)25-16(28)10-27-13-7-4-3-6-12(13)18(26-27)19(22)29/h3-9,11,17H,10H2,1-2H3,(H2,22,29)(H,25,28)(H,23,24,30)/t17-/m0/s1. The molecule has 1 atom stereocenters. The molecule has 0 aliphatic carbocycles. The smallest absolute Gasteiger partial charge is 0.269 e. The highest BCUT2D eigenvalue weighted by atomic mass is 79.9. The zero-order valence-electron chi connectivity index (χ0n) is 16.4. The first-order valence-corrected chi connectivity index (χ1v) is 10.0. The first kappa shape index (κ1) is 21.4. The van der Waals surface area contributed by atoms with E-state index >= 15 is 0 Å². The van der Waals surface area contributed by atoms with Gasteiger partial charge in [-0.3, -0.25) is 19.1 Å². The Morgan fingerprint density at radius 1 is 1.13 bits per heavy atom. The third kappa shape index (κ3) is 4.82. The molecule has 9 nitrogen and oxygen atoms in total. The molecule has 2 aromatic heterocycles. The van der Waals surface area contributed by atoms with Crippen LogP contribution in [0.15, 0.2) is 47.1 Å². The second-order valence-electron chi connectivity index (χ2n) is 7.01. The van der Waals surface area contributed by atoms with E-state index < -0.39 is 17.9 Å². The molecule has 0 unspecified atom stereocenters. The van der Waals surface area contributed by atoms with E-state index in [0.29, 0.717) is 21.3 Å². The van der Waals surface area contributed by atoms with Gasteiger partial charge in [-0.1, -0.05) is 38.1 Å². The number of amides is 3. The minimum Gasteiger partial charge on any atom is -0.364 e. The lowest BCUT2D eigenvalue weighted by molar-refractivity contribution is -0.127. The maximum atomic E-state index is 12.7. The van der Waals surface area contributed by atoms with E-state index in [4.69, 9.17) is 5.73 Å². The fraction of sp³-hybridized carbons (Fsp3) is 0.250. The van der Waals surface area contributed by atoms with Gasteiger partial charge in [0.25, 0.3) is 5.91 Å². The van der Waals surface area contributed by atoms with Crippen LogP contribution in [0.25, 0.3) is 10.9 Å². The molecule has 0 radical (unpaired) electrons. The first-order valence-electron chi connectivity index (χ1n) is 9.24. The molecule has 0 aliphatic rings. The Bertz CT molecular complexity index is 1110. The molecule has 3 rings (SSSR count). The van der Waals surface area contributed by atoms with E-state index in [1.807, 2.05) is 13.8 Å². The quantitative estimate of drug-likeness (QED) is 0.452. The third-order valence-corrected chi connectivity index (χ3v) is 4.86. The fourth-order valence-electron chi connectivity index (χ4n) is 3.00. The summed E-state index contributed by atoms with van der Waals surface area (Å²) in [6, 6.07) is 11.4. The highest BCUT2D eigenvalue weighted by Gasteiger charge is 2.25. The second-order valence-corrected chi connectivity index (χ2v) is 7.82. The van der Waals surface area contributed by atoms with Crippen molar-refractivity contribution in [3.8, 4) is 0 Å². The Labute approximate surface area is 181 Å². The molecule has 10 heteroatoms. The van der Waals surface area contributed by atoms with E-state index in [2.05, 4.69) is 36.6 Å². The number of para-hydroxylation sites is 1. The van der Waals surface area contributed by atoms with E-state index in [1.165, 1.54) is 4.68 Å². The normalized spacial score (nSPS) is 12.0. The Morgan fingerprint density at radius 2 is 1.87 bits per heavy atom. The van der Waals surface area contributed by atoms with Gasteiger partial charge in [0.05, 0.1) is 5.52 Å². The Balaban J connectivity index is 1.75. The number of carbonyl (C=O) groups is 3. The number of hydrogen-bond donors (Lipinski definition) is 3. The minimum atomic E-state index is -0.782. The van der Waals surface area contributed by atoms with E-state index in [1.54, 1.807) is 42.5 Å². The van der Waals surface area contributed by atoms with Gasteiger partial charge in [0, 0.05) is 5.39 Å². The van der Waals surface area contributed by atoms with Crippen LogP contribution >= 0.6 is 15.9 Å². The second kappa shape index (κ2) is 9.04. The number of nitrogens with zero attached hydrogens (tertiary/aromatic N) is 3. The van der Waals surface area contributed by atoms with Gasteiger partial charge < -0.3 is 16.4 Å². The number of primary amides is 1. The number of nitrogens with one attached hydrogen (secondary N) is 2. The number of pyridine rings is 1. The van der Waals surface area contributed by atoms with Crippen LogP contribution in [0.4, 0.5) is 5.82 Å². The number of anilines is 1. The molecule has 0 saturated carbocycles. The maximum absolute atomic E-state index is 12.7. The number of aromatic nitrogens is 3. The molecule has 0 fully saturated rings. The molecule has 0 aliphatic heterocycles. The van der Waals surface area contributed by atoms with Crippen molar-refractivity contribution in [1.82, 2.24) is 20.1 Å². The van der Waals surface area contributed by atoms with E-state index in [9.17, 15) is 14.4 Å². The number of benzene rings is 1. The molecule has 156 valence electrons. The lowest BCUT2D eigenvalue weighted by atomic mass is 10.0. The number of fused-ring (bicyclic) bond motifs is 1. The van der Waals surface area contributed by atoms with Crippen molar-refractivity contribution >= 4 is 50.4 Å². The summed E-state index contributed by atoms with van der Waals surface area (Å²) in [6.07, 6.45) is 0. The molecule has 3 aromatic rings. The minimum absolute atomic E-state index is 0.0947. The van der Waals surface area contributed by atoms with Crippen LogP contribution in [-0.4, -0.2) is 38.5 Å². The molecular weight excluding hydrogens is 452 g/mol. The molecule has 0 spiro atoms. The van der Waals surface area contributed by atoms with Crippen LogP contribution in [-0.2, 0) is 16.1 Å². The van der Waals surface area contributed by atoms with Crippen molar-refractivity contribution in [2.24, 2.45) is 11.7 Å². The molecule has 1 aromatic carbocycles. The SMILES string of the molecule is CC(C)[C@H](NC(=O)Cn1nc(C(N)=O)c2ccccc21)C(=O)Nc1cccc(Br)n1. The van der Waals surface area contributed by atoms with E-state index in [0.717, 1.165) is 0 Å². The summed E-state index contributed by atoms with van der Waals surface area (Å²) in [6.45, 7) is 3.49. The molecule has 4 N–H and O–H groups in total. The van der Waals surface area contributed by atoms with Gasteiger partial charge >= 0.3 is 0 Å².